The maximum absolute atomic E-state index is 14.0. The number of thioether (sulfide) groups is 1. The largest absolute Gasteiger partial charge is 0.395 e. The zero-order chi connectivity index (χ0) is 24.6. The van der Waals surface area contributed by atoms with Gasteiger partial charge >= 0.3 is 0 Å². The summed E-state index contributed by atoms with van der Waals surface area (Å²) in [5.74, 6) is -1.48. The quantitative estimate of drug-likeness (QED) is 0.586. The molecule has 1 unspecified atom stereocenters. The van der Waals surface area contributed by atoms with Crippen LogP contribution in [0.2, 0.25) is 0 Å². The minimum absolute atomic E-state index is 0.0379. The third-order valence-corrected chi connectivity index (χ3v) is 9.41. The normalized spacial score (nSPS) is 31.9. The predicted molar refractivity (Wildman–Crippen MR) is 135 cm³/mol. The first-order valence-corrected chi connectivity index (χ1v) is 13.4. The summed E-state index contributed by atoms with van der Waals surface area (Å²) in [4.78, 5) is 46.9. The Kier molecular flexibility index (Phi) is 6.77. The summed E-state index contributed by atoms with van der Waals surface area (Å²) in [6.07, 6.45) is 9.99. The predicted octanol–water partition coefficient (Wildman–Crippen LogP) is 2.07. The Bertz CT molecular complexity index is 1040. The lowest BCUT2D eigenvalue weighted by atomic mass is 9.78. The van der Waals surface area contributed by atoms with Crippen LogP contribution in [0.4, 0.5) is 0 Å². The van der Waals surface area contributed by atoms with E-state index < -0.39 is 22.6 Å². The molecule has 8 heteroatoms. The second-order valence-electron chi connectivity index (χ2n) is 9.77. The molecule has 1 N–H and O–H groups in total. The molecule has 1 aromatic carbocycles. The molecular formula is C27H33N3O4S. The van der Waals surface area contributed by atoms with Crippen LogP contribution in [-0.2, 0) is 20.9 Å². The third kappa shape index (κ3) is 4.00. The van der Waals surface area contributed by atoms with E-state index in [1.165, 1.54) is 0 Å². The number of amides is 3. The Morgan fingerprint density at radius 3 is 2.51 bits per heavy atom. The van der Waals surface area contributed by atoms with Crippen LogP contribution >= 0.6 is 11.8 Å². The lowest BCUT2D eigenvalue weighted by Crippen LogP contribution is -2.53. The Labute approximate surface area is 210 Å². The number of hydrogen-bond donors (Lipinski definition) is 1. The highest BCUT2D eigenvalue weighted by molar-refractivity contribution is 8.02. The van der Waals surface area contributed by atoms with Gasteiger partial charge in [-0.3, -0.25) is 14.4 Å². The highest BCUT2D eigenvalue weighted by Crippen LogP contribution is 2.61. The second-order valence-corrected chi connectivity index (χ2v) is 11.3. The van der Waals surface area contributed by atoms with E-state index in [1.807, 2.05) is 58.4 Å². The monoisotopic (exact) mass is 495 g/mol. The number of rotatable bonds is 7. The molecule has 0 radical (unpaired) electrons. The molecule has 4 aliphatic heterocycles. The number of benzene rings is 1. The summed E-state index contributed by atoms with van der Waals surface area (Å²) in [7, 11) is 0. The molecular weight excluding hydrogens is 462 g/mol. The topological polar surface area (TPSA) is 81.2 Å². The van der Waals surface area contributed by atoms with Gasteiger partial charge in [-0.1, -0.05) is 68.0 Å². The molecule has 35 heavy (non-hydrogen) atoms. The summed E-state index contributed by atoms with van der Waals surface area (Å²) in [5, 5.41) is 9.59. The molecule has 1 spiro atoms. The Balaban J connectivity index is 1.52. The SMILES string of the molecule is CCCCN1CC=C[C@]23S[C@H]4C=CCN(Cc5ccccc5)C(=O)[C@H]4[C@H]2C(=O)N(CCO)C3C1=O. The van der Waals surface area contributed by atoms with Crippen molar-refractivity contribution < 1.29 is 19.5 Å². The fourth-order valence-corrected chi connectivity index (χ4v) is 8.09. The van der Waals surface area contributed by atoms with Crippen molar-refractivity contribution in [2.45, 2.75) is 42.3 Å². The highest BCUT2D eigenvalue weighted by atomic mass is 32.2. The highest BCUT2D eigenvalue weighted by Gasteiger charge is 2.70. The van der Waals surface area contributed by atoms with Gasteiger partial charge in [0, 0.05) is 38.0 Å². The van der Waals surface area contributed by atoms with Crippen LogP contribution in [0.1, 0.15) is 25.3 Å². The van der Waals surface area contributed by atoms with Gasteiger partial charge in [0.1, 0.15) is 6.04 Å². The summed E-state index contributed by atoms with van der Waals surface area (Å²) in [5.41, 5.74) is 1.04. The van der Waals surface area contributed by atoms with Crippen molar-refractivity contribution in [3.8, 4) is 0 Å². The number of β-amino-alcohol motifs (C(OH)–C–C–N with tert-alkyl or cyclic N) is 1. The average Bonchev–Trinajstić information content (AvgIpc) is 3.17. The molecule has 1 aromatic rings. The molecule has 2 saturated heterocycles. The summed E-state index contributed by atoms with van der Waals surface area (Å²) < 4.78 is -0.810. The number of aliphatic hydroxyl groups is 1. The summed E-state index contributed by atoms with van der Waals surface area (Å²) in [6.45, 7) is 4.09. The maximum atomic E-state index is 14.0. The van der Waals surface area contributed by atoms with E-state index in [-0.39, 0.29) is 36.1 Å². The zero-order valence-electron chi connectivity index (χ0n) is 20.1. The van der Waals surface area contributed by atoms with Crippen molar-refractivity contribution in [1.29, 1.82) is 0 Å². The van der Waals surface area contributed by atoms with Gasteiger partial charge in [0.2, 0.25) is 17.7 Å². The van der Waals surface area contributed by atoms with Gasteiger partial charge in [-0.05, 0) is 12.0 Å². The first-order valence-electron chi connectivity index (χ1n) is 12.6. The van der Waals surface area contributed by atoms with Gasteiger partial charge in [0.05, 0.1) is 23.2 Å². The van der Waals surface area contributed by atoms with Crippen LogP contribution in [0.15, 0.2) is 54.6 Å². The van der Waals surface area contributed by atoms with Crippen molar-refractivity contribution in [3.05, 3.63) is 60.2 Å². The van der Waals surface area contributed by atoms with Gasteiger partial charge in [0.15, 0.2) is 0 Å². The number of likely N-dealkylation sites (tertiary alicyclic amines) is 1. The molecule has 0 aliphatic carbocycles. The smallest absolute Gasteiger partial charge is 0.247 e. The number of hydrogen-bond acceptors (Lipinski definition) is 5. The Morgan fingerprint density at radius 1 is 1.00 bits per heavy atom. The van der Waals surface area contributed by atoms with Crippen LogP contribution in [0.3, 0.4) is 0 Å². The second kappa shape index (κ2) is 9.82. The van der Waals surface area contributed by atoms with Crippen molar-refractivity contribution in [2.75, 3.05) is 32.8 Å². The molecule has 2 fully saturated rings. The van der Waals surface area contributed by atoms with Crippen molar-refractivity contribution in [1.82, 2.24) is 14.7 Å². The molecule has 7 nitrogen and oxygen atoms in total. The standard InChI is InChI=1S/C27H33N3O4S/c1-2-3-13-28-15-8-12-27-22(25(33)30(16-17-31)23(27)26(28)34)21-20(35-27)11-7-14-29(24(21)32)18-19-9-5-4-6-10-19/h4-12,20-23,31H,2-3,13-18H2,1H3/t20-,21+,22-,23?,27-/m0/s1. The first-order chi connectivity index (χ1) is 17.0. The van der Waals surface area contributed by atoms with Crippen LogP contribution < -0.4 is 0 Å². The van der Waals surface area contributed by atoms with E-state index in [0.717, 1.165) is 18.4 Å². The molecule has 5 rings (SSSR count). The number of aliphatic hydroxyl groups excluding tert-OH is 1. The molecule has 4 heterocycles. The fourth-order valence-electron chi connectivity index (χ4n) is 6.08. The maximum Gasteiger partial charge on any atom is 0.247 e. The van der Waals surface area contributed by atoms with Crippen LogP contribution in [0.25, 0.3) is 0 Å². The number of unbranched alkanes of at least 4 members (excludes halogenated alkanes) is 1. The van der Waals surface area contributed by atoms with Crippen LogP contribution in [0.5, 0.6) is 0 Å². The van der Waals surface area contributed by atoms with E-state index in [9.17, 15) is 19.5 Å². The number of nitrogens with zero attached hydrogens (tertiary/aromatic N) is 3. The number of carbonyl (C=O) groups is 3. The van der Waals surface area contributed by atoms with Crippen LogP contribution in [-0.4, -0.2) is 86.4 Å². The lowest BCUT2D eigenvalue weighted by molar-refractivity contribution is -0.144. The van der Waals surface area contributed by atoms with Crippen molar-refractivity contribution in [2.24, 2.45) is 11.8 Å². The van der Waals surface area contributed by atoms with Gasteiger partial charge in [0.25, 0.3) is 0 Å². The molecule has 186 valence electrons. The Hall–Kier alpha value is -2.58. The molecule has 4 aliphatic rings. The van der Waals surface area contributed by atoms with Crippen LogP contribution in [0, 0.1) is 11.8 Å². The van der Waals surface area contributed by atoms with Gasteiger partial charge in [-0.2, -0.15) is 0 Å². The Morgan fingerprint density at radius 2 is 1.77 bits per heavy atom. The molecule has 0 bridgehead atoms. The van der Waals surface area contributed by atoms with E-state index >= 15 is 0 Å². The zero-order valence-corrected chi connectivity index (χ0v) is 20.9. The lowest BCUT2D eigenvalue weighted by Gasteiger charge is -2.35. The molecule has 3 amide bonds. The molecule has 5 atom stereocenters. The number of carbonyl (C=O) groups excluding carboxylic acids is 3. The number of fused-ring (bicyclic) bond motifs is 2. The van der Waals surface area contributed by atoms with E-state index in [2.05, 4.69) is 13.0 Å². The van der Waals surface area contributed by atoms with Gasteiger partial charge in [-0.25, -0.2) is 0 Å². The fraction of sp³-hybridized carbons (Fsp3) is 0.519. The molecule has 0 saturated carbocycles. The first kappa shape index (κ1) is 24.1. The molecule has 0 aromatic heterocycles. The minimum Gasteiger partial charge on any atom is -0.395 e. The van der Waals surface area contributed by atoms with Crippen molar-refractivity contribution in [3.63, 3.8) is 0 Å². The van der Waals surface area contributed by atoms with E-state index in [1.54, 1.807) is 16.7 Å². The van der Waals surface area contributed by atoms with E-state index in [4.69, 9.17) is 0 Å². The summed E-state index contributed by atoms with van der Waals surface area (Å²) in [6, 6.07) is 9.17. The van der Waals surface area contributed by atoms with Crippen molar-refractivity contribution >= 4 is 29.5 Å². The summed E-state index contributed by atoms with van der Waals surface area (Å²) >= 11 is 1.59. The third-order valence-electron chi connectivity index (χ3n) is 7.66. The van der Waals surface area contributed by atoms with Gasteiger partial charge < -0.3 is 19.8 Å². The minimum atomic E-state index is -0.810. The van der Waals surface area contributed by atoms with Gasteiger partial charge in [-0.15, -0.1) is 11.8 Å². The van der Waals surface area contributed by atoms with E-state index in [0.29, 0.717) is 26.2 Å². The average molecular weight is 496 g/mol.